The zero-order valence-electron chi connectivity index (χ0n) is 26.2. The van der Waals surface area contributed by atoms with Gasteiger partial charge < -0.3 is 4.90 Å². The minimum atomic E-state index is -0.131. The van der Waals surface area contributed by atoms with Gasteiger partial charge in [0.2, 0.25) is 5.91 Å². The van der Waals surface area contributed by atoms with E-state index in [2.05, 4.69) is 146 Å². The molecule has 224 valence electrons. The summed E-state index contributed by atoms with van der Waals surface area (Å²) in [5, 5.41) is 0. The molecule has 1 amide bonds. The van der Waals surface area contributed by atoms with E-state index >= 15 is 0 Å². The molecule has 0 saturated heterocycles. The van der Waals surface area contributed by atoms with Gasteiger partial charge in [0.15, 0.2) is 0 Å². The van der Waals surface area contributed by atoms with Crippen molar-refractivity contribution in [2.75, 3.05) is 7.05 Å². The number of rotatable bonds is 13. The Balaban J connectivity index is 1.42. The molecule has 5 aromatic rings. The first-order chi connectivity index (χ1) is 21.5. The average molecular weight is 581 g/mol. The second kappa shape index (κ2) is 15.3. The molecular formula is C41H44N2O. The molecule has 3 atom stereocenters. The van der Waals surface area contributed by atoms with Crippen LogP contribution in [0.1, 0.15) is 48.6 Å². The van der Waals surface area contributed by atoms with E-state index in [1.54, 1.807) is 0 Å². The fraction of sp³-hybridized carbons (Fsp3) is 0.244. The van der Waals surface area contributed by atoms with Crippen LogP contribution in [-0.2, 0) is 24.3 Å². The van der Waals surface area contributed by atoms with E-state index in [0.717, 1.165) is 31.5 Å². The van der Waals surface area contributed by atoms with Crippen LogP contribution >= 0.6 is 0 Å². The second-order valence-corrected chi connectivity index (χ2v) is 12.0. The molecule has 0 spiro atoms. The van der Waals surface area contributed by atoms with Gasteiger partial charge in [-0.3, -0.25) is 9.69 Å². The molecule has 3 heteroatoms. The Bertz CT molecular complexity index is 1510. The lowest BCUT2D eigenvalue weighted by Crippen LogP contribution is -2.41. The minimum absolute atomic E-state index is 0.0138. The van der Waals surface area contributed by atoms with Crippen LogP contribution in [0.4, 0.5) is 0 Å². The van der Waals surface area contributed by atoms with Crippen LogP contribution in [0.25, 0.3) is 11.1 Å². The first-order valence-corrected chi connectivity index (χ1v) is 15.8. The Kier molecular flexibility index (Phi) is 10.8. The number of benzene rings is 5. The normalized spacial score (nSPS) is 13.3. The number of amides is 1. The molecule has 0 aliphatic carbocycles. The van der Waals surface area contributed by atoms with Crippen molar-refractivity contribution in [1.82, 2.24) is 9.80 Å². The predicted octanol–water partition coefficient (Wildman–Crippen LogP) is 9.21. The number of hydrogen-bond donors (Lipinski definition) is 0. The van der Waals surface area contributed by atoms with Crippen LogP contribution < -0.4 is 0 Å². The standard InChI is InChI=1S/C41H44N2O/c1-32(41(44)42(3)33(2)37-20-12-6-13-21-37)28-40(29-34-24-26-39(27-25-34)38-22-14-7-15-23-38)43(30-35-16-8-4-9-17-35)31-36-18-10-5-11-19-36/h4-27,32-33,40H,28-31H2,1-3H3/t32-,33-,40+/m1/s1. The molecule has 0 aliphatic rings. The Morgan fingerprint density at radius 2 is 1.02 bits per heavy atom. The van der Waals surface area contributed by atoms with Gasteiger partial charge in [0, 0.05) is 32.1 Å². The molecule has 0 aromatic heterocycles. The summed E-state index contributed by atoms with van der Waals surface area (Å²) in [6, 6.07) is 51.4. The minimum Gasteiger partial charge on any atom is -0.339 e. The summed E-state index contributed by atoms with van der Waals surface area (Å²) >= 11 is 0. The van der Waals surface area contributed by atoms with Gasteiger partial charge in [-0.1, -0.05) is 153 Å². The SMILES string of the molecule is C[C@H](C[C@@H](Cc1ccc(-c2ccccc2)cc1)N(Cc1ccccc1)Cc1ccccc1)C(=O)N(C)[C@H](C)c1ccccc1. The van der Waals surface area contributed by atoms with Crippen molar-refractivity contribution in [3.63, 3.8) is 0 Å². The van der Waals surface area contributed by atoms with Crippen molar-refractivity contribution in [3.05, 3.63) is 168 Å². The second-order valence-electron chi connectivity index (χ2n) is 12.0. The van der Waals surface area contributed by atoms with Crippen LogP contribution in [0.15, 0.2) is 146 Å². The maximum atomic E-state index is 13.9. The first-order valence-electron chi connectivity index (χ1n) is 15.8. The summed E-state index contributed by atoms with van der Waals surface area (Å²) in [5.74, 6) is 0.0546. The van der Waals surface area contributed by atoms with Crippen LogP contribution in [0, 0.1) is 5.92 Å². The molecule has 0 heterocycles. The van der Waals surface area contributed by atoms with Gasteiger partial charge in [0.05, 0.1) is 6.04 Å². The van der Waals surface area contributed by atoms with Gasteiger partial charge >= 0.3 is 0 Å². The van der Waals surface area contributed by atoms with Crippen LogP contribution in [-0.4, -0.2) is 28.8 Å². The van der Waals surface area contributed by atoms with Gasteiger partial charge in [-0.15, -0.1) is 0 Å². The molecule has 0 unspecified atom stereocenters. The van der Waals surface area contributed by atoms with Crippen LogP contribution in [0.2, 0.25) is 0 Å². The predicted molar refractivity (Wildman–Crippen MR) is 183 cm³/mol. The monoisotopic (exact) mass is 580 g/mol. The molecule has 5 aromatic carbocycles. The molecule has 0 N–H and O–H groups in total. The van der Waals surface area contributed by atoms with Gasteiger partial charge in [0.1, 0.15) is 0 Å². The van der Waals surface area contributed by atoms with E-state index in [1.807, 2.05) is 30.1 Å². The Morgan fingerprint density at radius 1 is 0.568 bits per heavy atom. The Hall–Kier alpha value is -4.47. The number of hydrogen-bond acceptors (Lipinski definition) is 2. The molecule has 3 nitrogen and oxygen atoms in total. The summed E-state index contributed by atoms with van der Waals surface area (Å²) in [6.45, 7) is 5.85. The van der Waals surface area contributed by atoms with Crippen molar-refractivity contribution in [3.8, 4) is 11.1 Å². The summed E-state index contributed by atoms with van der Waals surface area (Å²) in [5.41, 5.74) is 7.44. The van der Waals surface area contributed by atoms with Gasteiger partial charge in [-0.25, -0.2) is 0 Å². The molecule has 0 radical (unpaired) electrons. The van der Waals surface area contributed by atoms with Crippen molar-refractivity contribution in [1.29, 1.82) is 0 Å². The highest BCUT2D eigenvalue weighted by Gasteiger charge is 2.28. The lowest BCUT2D eigenvalue weighted by molar-refractivity contribution is -0.136. The Labute approximate surface area is 263 Å². The van der Waals surface area contributed by atoms with E-state index in [9.17, 15) is 4.79 Å². The number of nitrogens with zero attached hydrogens (tertiary/aromatic N) is 2. The lowest BCUT2D eigenvalue weighted by Gasteiger charge is -2.35. The molecular weight excluding hydrogens is 536 g/mol. The zero-order chi connectivity index (χ0) is 30.7. The summed E-state index contributed by atoms with van der Waals surface area (Å²) in [6.07, 6.45) is 1.63. The first kappa shape index (κ1) is 31.0. The summed E-state index contributed by atoms with van der Waals surface area (Å²) in [7, 11) is 1.94. The molecule has 0 bridgehead atoms. The molecule has 5 rings (SSSR count). The van der Waals surface area contributed by atoms with Crippen molar-refractivity contribution in [2.45, 2.75) is 51.9 Å². The van der Waals surface area contributed by atoms with E-state index in [4.69, 9.17) is 0 Å². The van der Waals surface area contributed by atoms with Crippen molar-refractivity contribution < 1.29 is 4.79 Å². The highest BCUT2D eigenvalue weighted by molar-refractivity contribution is 5.78. The van der Waals surface area contributed by atoms with E-state index in [0.29, 0.717) is 0 Å². The topological polar surface area (TPSA) is 23.6 Å². The van der Waals surface area contributed by atoms with Crippen LogP contribution in [0.5, 0.6) is 0 Å². The van der Waals surface area contributed by atoms with Crippen molar-refractivity contribution in [2.24, 2.45) is 5.92 Å². The molecule has 0 saturated carbocycles. The van der Waals surface area contributed by atoms with E-state index in [-0.39, 0.29) is 23.9 Å². The van der Waals surface area contributed by atoms with Gasteiger partial charge in [-0.05, 0) is 53.1 Å². The van der Waals surface area contributed by atoms with E-state index < -0.39 is 0 Å². The van der Waals surface area contributed by atoms with E-state index in [1.165, 1.54) is 27.8 Å². The van der Waals surface area contributed by atoms with Gasteiger partial charge in [-0.2, -0.15) is 0 Å². The highest BCUT2D eigenvalue weighted by atomic mass is 16.2. The quantitative estimate of drug-likeness (QED) is 0.139. The number of carbonyl (C=O) groups is 1. The maximum absolute atomic E-state index is 13.9. The fourth-order valence-electron chi connectivity index (χ4n) is 6.05. The number of carbonyl (C=O) groups excluding carboxylic acids is 1. The lowest BCUT2D eigenvalue weighted by atomic mass is 9.92. The largest absolute Gasteiger partial charge is 0.339 e. The smallest absolute Gasteiger partial charge is 0.225 e. The van der Waals surface area contributed by atoms with Crippen LogP contribution in [0.3, 0.4) is 0 Å². The maximum Gasteiger partial charge on any atom is 0.225 e. The molecule has 0 aliphatic heterocycles. The molecule has 44 heavy (non-hydrogen) atoms. The third-order valence-electron chi connectivity index (χ3n) is 8.76. The third-order valence-corrected chi connectivity index (χ3v) is 8.76. The average Bonchev–Trinajstić information content (AvgIpc) is 3.08. The fourth-order valence-corrected chi connectivity index (χ4v) is 6.05. The van der Waals surface area contributed by atoms with Crippen molar-refractivity contribution >= 4 is 5.91 Å². The summed E-state index contributed by atoms with van der Waals surface area (Å²) in [4.78, 5) is 18.4. The molecule has 0 fully saturated rings. The highest BCUT2D eigenvalue weighted by Crippen LogP contribution is 2.27. The van der Waals surface area contributed by atoms with Gasteiger partial charge in [0.25, 0.3) is 0 Å². The zero-order valence-corrected chi connectivity index (χ0v) is 26.2. The Morgan fingerprint density at radius 3 is 1.55 bits per heavy atom. The third kappa shape index (κ3) is 8.33. The summed E-state index contributed by atoms with van der Waals surface area (Å²) < 4.78 is 0.